The molecule has 9 nitrogen and oxygen atoms in total. The minimum Gasteiger partial charge on any atom is -0.465 e. The number of thioether (sulfide) groups is 1. The van der Waals surface area contributed by atoms with Crippen LogP contribution in [0.1, 0.15) is 50.4 Å². The number of thiophene rings is 2. The molecule has 3 aromatic rings. The van der Waals surface area contributed by atoms with Gasteiger partial charge in [0.1, 0.15) is 5.00 Å². The summed E-state index contributed by atoms with van der Waals surface area (Å²) in [4.78, 5) is 37.9. The topological polar surface area (TPSA) is 129 Å². The third-order valence-corrected chi connectivity index (χ3v) is 7.54. The highest BCUT2D eigenvalue weighted by atomic mass is 32.2. The van der Waals surface area contributed by atoms with Crippen molar-refractivity contribution >= 4 is 57.2 Å². The first-order valence-corrected chi connectivity index (χ1v) is 12.3. The van der Waals surface area contributed by atoms with Crippen molar-refractivity contribution in [1.82, 2.24) is 14.8 Å². The Bertz CT molecular complexity index is 1180. The van der Waals surface area contributed by atoms with Gasteiger partial charge in [0.2, 0.25) is 5.91 Å². The molecular weight excluding hydrogens is 470 g/mol. The Labute approximate surface area is 197 Å². The largest absolute Gasteiger partial charge is 0.465 e. The maximum atomic E-state index is 12.7. The molecule has 2 amide bonds. The third-order valence-electron chi connectivity index (χ3n) is 4.52. The molecule has 0 aliphatic heterocycles. The van der Waals surface area contributed by atoms with E-state index in [1.807, 2.05) is 30.7 Å². The zero-order valence-electron chi connectivity index (χ0n) is 18.2. The summed E-state index contributed by atoms with van der Waals surface area (Å²) in [5.74, 6) is -0.890. The molecule has 0 saturated carbocycles. The number of ether oxygens (including phenoxy) is 1. The molecule has 0 unspecified atom stereocenters. The van der Waals surface area contributed by atoms with Crippen molar-refractivity contribution in [3.8, 4) is 11.4 Å². The van der Waals surface area contributed by atoms with Crippen LogP contribution in [-0.2, 0) is 9.53 Å². The summed E-state index contributed by atoms with van der Waals surface area (Å²) in [5.41, 5.74) is 6.88. The van der Waals surface area contributed by atoms with Crippen LogP contribution in [0.5, 0.6) is 0 Å². The molecule has 0 atom stereocenters. The van der Waals surface area contributed by atoms with Crippen molar-refractivity contribution in [3.63, 3.8) is 0 Å². The van der Waals surface area contributed by atoms with E-state index in [4.69, 9.17) is 10.5 Å². The average molecular weight is 494 g/mol. The minimum atomic E-state index is -0.672. The Morgan fingerprint density at radius 2 is 2.00 bits per heavy atom. The molecule has 0 radical (unpaired) electrons. The molecule has 32 heavy (non-hydrogen) atoms. The van der Waals surface area contributed by atoms with Crippen molar-refractivity contribution < 1.29 is 19.1 Å². The predicted octanol–water partition coefficient (Wildman–Crippen LogP) is 3.88. The van der Waals surface area contributed by atoms with Crippen LogP contribution in [0, 0.1) is 13.8 Å². The molecular formula is C20H23N5O4S3. The van der Waals surface area contributed by atoms with Gasteiger partial charge >= 0.3 is 5.97 Å². The van der Waals surface area contributed by atoms with Crippen LogP contribution in [0.4, 0.5) is 5.00 Å². The number of hydrogen-bond donors (Lipinski definition) is 2. The first-order valence-electron chi connectivity index (χ1n) is 9.58. The SMILES string of the molecule is COC(=O)c1c(NC(=O)CSc2nnc(-c3csc(C)c3)n2C(C)C)sc(C(N)=O)c1C. The van der Waals surface area contributed by atoms with Gasteiger partial charge in [-0.2, -0.15) is 0 Å². The molecule has 3 rings (SSSR count). The van der Waals surface area contributed by atoms with E-state index in [0.717, 1.165) is 22.7 Å². The number of methoxy groups -OCH3 is 1. The molecule has 0 aromatic carbocycles. The highest BCUT2D eigenvalue weighted by molar-refractivity contribution is 7.99. The Kier molecular flexibility index (Phi) is 7.36. The number of aromatic nitrogens is 3. The van der Waals surface area contributed by atoms with Gasteiger partial charge in [-0.05, 0) is 39.3 Å². The first-order chi connectivity index (χ1) is 15.1. The smallest absolute Gasteiger partial charge is 0.341 e. The zero-order valence-corrected chi connectivity index (χ0v) is 20.7. The fourth-order valence-corrected chi connectivity index (χ4v) is 5.69. The number of amides is 2. The minimum absolute atomic E-state index is 0.0387. The van der Waals surface area contributed by atoms with E-state index in [1.165, 1.54) is 23.7 Å². The van der Waals surface area contributed by atoms with Crippen LogP contribution in [0.3, 0.4) is 0 Å². The molecule has 12 heteroatoms. The van der Waals surface area contributed by atoms with E-state index in [1.54, 1.807) is 18.3 Å². The molecule has 0 fully saturated rings. The number of carbonyl (C=O) groups excluding carboxylic acids is 3. The van der Waals surface area contributed by atoms with Gasteiger partial charge in [-0.1, -0.05) is 11.8 Å². The summed E-state index contributed by atoms with van der Waals surface area (Å²) >= 11 is 3.83. The van der Waals surface area contributed by atoms with E-state index in [0.29, 0.717) is 10.7 Å². The highest BCUT2D eigenvalue weighted by Gasteiger charge is 2.26. The number of primary amides is 1. The number of carbonyl (C=O) groups is 3. The number of nitrogens with one attached hydrogen (secondary N) is 1. The summed E-state index contributed by atoms with van der Waals surface area (Å²) in [6.45, 7) is 7.67. The number of nitrogens with two attached hydrogens (primary N) is 1. The summed E-state index contributed by atoms with van der Waals surface area (Å²) in [7, 11) is 1.23. The molecule has 0 saturated heterocycles. The van der Waals surface area contributed by atoms with Crippen molar-refractivity contribution in [1.29, 1.82) is 0 Å². The normalized spacial score (nSPS) is 11.1. The summed E-state index contributed by atoms with van der Waals surface area (Å²) < 4.78 is 6.77. The van der Waals surface area contributed by atoms with Gasteiger partial charge in [-0.3, -0.25) is 14.2 Å². The highest BCUT2D eigenvalue weighted by Crippen LogP contribution is 2.34. The molecule has 3 aromatic heterocycles. The number of rotatable bonds is 8. The van der Waals surface area contributed by atoms with Crippen LogP contribution in [-0.4, -0.2) is 45.4 Å². The average Bonchev–Trinajstić information content (AvgIpc) is 3.42. The Hall–Kier alpha value is -2.70. The Morgan fingerprint density at radius 3 is 2.56 bits per heavy atom. The quantitative estimate of drug-likeness (QED) is 0.360. The van der Waals surface area contributed by atoms with Gasteiger partial charge in [0.15, 0.2) is 11.0 Å². The van der Waals surface area contributed by atoms with Crippen molar-refractivity contribution in [2.45, 2.75) is 38.9 Å². The van der Waals surface area contributed by atoms with Crippen molar-refractivity contribution in [3.05, 3.63) is 32.3 Å². The van der Waals surface area contributed by atoms with Gasteiger partial charge in [0.25, 0.3) is 5.91 Å². The van der Waals surface area contributed by atoms with Crippen LogP contribution in [0.15, 0.2) is 16.6 Å². The number of nitrogens with zero attached hydrogens (tertiary/aromatic N) is 3. The molecule has 0 bridgehead atoms. The maximum Gasteiger partial charge on any atom is 0.341 e. The maximum absolute atomic E-state index is 12.7. The summed E-state index contributed by atoms with van der Waals surface area (Å²) in [6, 6.07) is 2.15. The van der Waals surface area contributed by atoms with Crippen LogP contribution < -0.4 is 11.1 Å². The fraction of sp³-hybridized carbons (Fsp3) is 0.350. The molecule has 0 aliphatic rings. The van der Waals surface area contributed by atoms with Gasteiger partial charge in [0, 0.05) is 21.9 Å². The lowest BCUT2D eigenvalue weighted by Crippen LogP contribution is -2.16. The van der Waals surface area contributed by atoms with Crippen LogP contribution in [0.2, 0.25) is 0 Å². The first kappa shape index (κ1) is 24.0. The molecule has 0 spiro atoms. The van der Waals surface area contributed by atoms with Crippen LogP contribution >= 0.6 is 34.4 Å². The Balaban J connectivity index is 1.79. The molecule has 3 heterocycles. The van der Waals surface area contributed by atoms with E-state index < -0.39 is 11.9 Å². The second-order valence-electron chi connectivity index (χ2n) is 7.17. The second-order valence-corrected chi connectivity index (χ2v) is 10.2. The number of hydrogen-bond acceptors (Lipinski definition) is 9. The Morgan fingerprint density at radius 1 is 1.28 bits per heavy atom. The number of aryl methyl sites for hydroxylation is 1. The van der Waals surface area contributed by atoms with Gasteiger partial charge < -0.3 is 15.8 Å². The third kappa shape index (κ3) is 4.87. The number of esters is 1. The monoisotopic (exact) mass is 493 g/mol. The predicted molar refractivity (Wildman–Crippen MR) is 127 cm³/mol. The lowest BCUT2D eigenvalue weighted by atomic mass is 10.1. The zero-order chi connectivity index (χ0) is 23.6. The van der Waals surface area contributed by atoms with E-state index in [-0.39, 0.29) is 33.1 Å². The number of anilines is 1. The van der Waals surface area contributed by atoms with E-state index >= 15 is 0 Å². The standard InChI is InChI=1S/C20H23N5O4S3/c1-9(2)25-17(12-6-10(3)30-7-12)23-24-20(25)31-8-13(26)22-18-14(19(28)29-5)11(4)15(32-18)16(21)27/h6-7,9H,8H2,1-5H3,(H2,21,27)(H,22,26). The van der Waals surface area contributed by atoms with Gasteiger partial charge in [-0.25, -0.2) is 4.79 Å². The van der Waals surface area contributed by atoms with Gasteiger partial charge in [-0.15, -0.1) is 32.9 Å². The lowest BCUT2D eigenvalue weighted by molar-refractivity contribution is -0.113. The van der Waals surface area contributed by atoms with E-state index in [9.17, 15) is 14.4 Å². The lowest BCUT2D eigenvalue weighted by Gasteiger charge is -2.13. The van der Waals surface area contributed by atoms with E-state index in [2.05, 4.69) is 21.6 Å². The molecule has 3 N–H and O–H groups in total. The molecule has 170 valence electrons. The van der Waals surface area contributed by atoms with Gasteiger partial charge in [0.05, 0.1) is 23.3 Å². The summed E-state index contributed by atoms with van der Waals surface area (Å²) in [6.07, 6.45) is 0. The van der Waals surface area contributed by atoms with Crippen LogP contribution in [0.25, 0.3) is 11.4 Å². The second kappa shape index (κ2) is 9.84. The molecule has 0 aliphatic carbocycles. The van der Waals surface area contributed by atoms with Crippen molar-refractivity contribution in [2.24, 2.45) is 5.73 Å². The fourth-order valence-electron chi connectivity index (χ4n) is 3.08. The van der Waals surface area contributed by atoms with Crippen molar-refractivity contribution in [2.75, 3.05) is 18.2 Å². The summed E-state index contributed by atoms with van der Waals surface area (Å²) in [5, 5.41) is 14.2.